The highest BCUT2D eigenvalue weighted by Gasteiger charge is 2.49. The first kappa shape index (κ1) is 9.79. The summed E-state index contributed by atoms with van der Waals surface area (Å²) in [5, 5.41) is 0. The van der Waals surface area contributed by atoms with Crippen LogP contribution in [0.1, 0.15) is 24.0 Å². The molecule has 82 valence electrons. The van der Waals surface area contributed by atoms with Gasteiger partial charge in [-0.15, -0.1) is 0 Å². The number of ketones is 1. The Balaban J connectivity index is 2.24. The van der Waals surface area contributed by atoms with Crippen LogP contribution in [0.15, 0.2) is 36.4 Å². The summed E-state index contributed by atoms with van der Waals surface area (Å²) in [6, 6.07) is 8.07. The van der Waals surface area contributed by atoms with E-state index < -0.39 is 5.60 Å². The Labute approximate surface area is 94.9 Å². The lowest BCUT2D eigenvalue weighted by atomic mass is 9.74. The van der Waals surface area contributed by atoms with E-state index in [1.54, 1.807) is 0 Å². The summed E-state index contributed by atoms with van der Waals surface area (Å²) in [6.45, 7) is 4.64. The van der Waals surface area contributed by atoms with Crippen LogP contribution in [-0.2, 0) is 21.6 Å². The van der Waals surface area contributed by atoms with Crippen molar-refractivity contribution in [1.29, 1.82) is 0 Å². The van der Waals surface area contributed by atoms with Gasteiger partial charge in [-0.3, -0.25) is 4.79 Å². The van der Waals surface area contributed by atoms with Gasteiger partial charge < -0.3 is 4.74 Å². The normalized spacial score (nSPS) is 28.5. The fourth-order valence-corrected chi connectivity index (χ4v) is 2.81. The van der Waals surface area contributed by atoms with Gasteiger partial charge in [0.25, 0.3) is 0 Å². The predicted molar refractivity (Wildman–Crippen MR) is 61.2 cm³/mol. The fraction of sp³-hybridized carbons (Fsp3) is 0.357. The Morgan fingerprint density at radius 1 is 1.19 bits per heavy atom. The lowest BCUT2D eigenvalue weighted by Gasteiger charge is -2.34. The van der Waals surface area contributed by atoms with E-state index in [9.17, 15) is 4.79 Å². The minimum atomic E-state index is -0.811. The number of hydrogen-bond acceptors (Lipinski definition) is 2. The van der Waals surface area contributed by atoms with E-state index in [1.165, 1.54) is 5.56 Å². The van der Waals surface area contributed by atoms with Crippen LogP contribution in [0.3, 0.4) is 0 Å². The average Bonchev–Trinajstić information content (AvgIpc) is 2.68. The number of rotatable bonds is 0. The Morgan fingerprint density at radius 3 is 2.75 bits per heavy atom. The zero-order valence-corrected chi connectivity index (χ0v) is 9.16. The molecule has 1 aromatic carbocycles. The quantitative estimate of drug-likeness (QED) is 0.620. The van der Waals surface area contributed by atoms with Gasteiger partial charge in [0, 0.05) is 6.42 Å². The summed E-state index contributed by atoms with van der Waals surface area (Å²) in [7, 11) is 0. The SMILES string of the molecule is C=C1CCOC12C(=O)CCc1ccccc12. The van der Waals surface area contributed by atoms with Crippen molar-refractivity contribution in [3.8, 4) is 0 Å². The van der Waals surface area contributed by atoms with Crippen LogP contribution in [0.25, 0.3) is 0 Å². The van der Waals surface area contributed by atoms with Crippen LogP contribution >= 0.6 is 0 Å². The summed E-state index contributed by atoms with van der Waals surface area (Å²) in [5.74, 6) is 0.175. The number of hydrogen-bond donors (Lipinski definition) is 0. The Hall–Kier alpha value is -1.41. The average molecular weight is 214 g/mol. The zero-order chi connectivity index (χ0) is 11.2. The maximum Gasteiger partial charge on any atom is 0.173 e. The van der Waals surface area contributed by atoms with Crippen LogP contribution in [0.5, 0.6) is 0 Å². The topological polar surface area (TPSA) is 26.3 Å². The van der Waals surface area contributed by atoms with Crippen LogP contribution < -0.4 is 0 Å². The first-order valence-electron chi connectivity index (χ1n) is 5.69. The minimum absolute atomic E-state index is 0.175. The van der Waals surface area contributed by atoms with E-state index >= 15 is 0 Å². The zero-order valence-electron chi connectivity index (χ0n) is 9.16. The molecule has 0 bridgehead atoms. The highest BCUT2D eigenvalue weighted by atomic mass is 16.5. The summed E-state index contributed by atoms with van der Waals surface area (Å²) in [5.41, 5.74) is 2.36. The number of benzene rings is 1. The van der Waals surface area contributed by atoms with Crippen molar-refractivity contribution in [2.45, 2.75) is 24.9 Å². The Kier molecular flexibility index (Phi) is 2.01. The molecule has 0 saturated carbocycles. The smallest absolute Gasteiger partial charge is 0.173 e. The molecule has 1 aliphatic carbocycles. The van der Waals surface area contributed by atoms with Crippen LogP contribution in [0, 0.1) is 0 Å². The molecule has 1 heterocycles. The molecule has 2 aliphatic rings. The van der Waals surface area contributed by atoms with Gasteiger partial charge in [0.05, 0.1) is 6.61 Å². The Bertz CT molecular complexity index is 475. The second-order valence-corrected chi connectivity index (χ2v) is 4.46. The molecule has 1 aliphatic heterocycles. The maximum atomic E-state index is 12.2. The summed E-state index contributed by atoms with van der Waals surface area (Å²) >= 11 is 0. The molecule has 0 N–H and O–H groups in total. The first-order chi connectivity index (χ1) is 7.75. The number of aryl methyl sites for hydroxylation is 1. The van der Waals surface area contributed by atoms with Crippen molar-refractivity contribution in [2.75, 3.05) is 6.61 Å². The van der Waals surface area contributed by atoms with Crippen molar-refractivity contribution in [3.63, 3.8) is 0 Å². The van der Waals surface area contributed by atoms with Gasteiger partial charge in [-0.1, -0.05) is 30.8 Å². The third-order valence-electron chi connectivity index (χ3n) is 3.63. The highest BCUT2D eigenvalue weighted by molar-refractivity contribution is 5.94. The molecule has 2 nitrogen and oxygen atoms in total. The second kappa shape index (κ2) is 3.29. The van der Waals surface area contributed by atoms with Gasteiger partial charge in [-0.25, -0.2) is 0 Å². The molecule has 1 spiro atoms. The molecular weight excluding hydrogens is 200 g/mol. The number of fused-ring (bicyclic) bond motifs is 2. The number of carbonyl (C=O) groups excluding carboxylic acids is 1. The third kappa shape index (κ3) is 1.08. The van der Waals surface area contributed by atoms with Crippen molar-refractivity contribution in [2.24, 2.45) is 0 Å². The molecule has 1 fully saturated rings. The lowest BCUT2D eigenvalue weighted by molar-refractivity contribution is -0.137. The van der Waals surface area contributed by atoms with E-state index in [4.69, 9.17) is 4.74 Å². The van der Waals surface area contributed by atoms with Gasteiger partial charge in [0.1, 0.15) is 0 Å². The number of ether oxygens (including phenoxy) is 1. The molecule has 16 heavy (non-hydrogen) atoms. The molecule has 3 rings (SSSR count). The first-order valence-corrected chi connectivity index (χ1v) is 5.69. The van der Waals surface area contributed by atoms with Crippen molar-refractivity contribution in [3.05, 3.63) is 47.5 Å². The van der Waals surface area contributed by atoms with Gasteiger partial charge in [0.2, 0.25) is 0 Å². The summed E-state index contributed by atoms with van der Waals surface area (Å²) < 4.78 is 5.78. The molecule has 2 heteroatoms. The van der Waals surface area contributed by atoms with Gasteiger partial charge in [-0.05, 0) is 29.5 Å². The van der Waals surface area contributed by atoms with E-state index in [2.05, 4.69) is 12.6 Å². The molecule has 0 amide bonds. The van der Waals surface area contributed by atoms with Crippen LogP contribution in [0.2, 0.25) is 0 Å². The van der Waals surface area contributed by atoms with Crippen molar-refractivity contribution >= 4 is 5.78 Å². The van der Waals surface area contributed by atoms with Gasteiger partial charge >= 0.3 is 0 Å². The molecule has 0 radical (unpaired) electrons. The highest BCUT2D eigenvalue weighted by Crippen LogP contribution is 2.45. The number of Topliss-reactive ketones (excluding diaryl/α,β-unsaturated/α-hetero) is 1. The second-order valence-electron chi connectivity index (χ2n) is 4.46. The molecule has 1 saturated heterocycles. The van der Waals surface area contributed by atoms with Crippen LogP contribution in [0.4, 0.5) is 0 Å². The lowest BCUT2D eigenvalue weighted by Crippen LogP contribution is -2.40. The summed E-state index contributed by atoms with van der Waals surface area (Å²) in [4.78, 5) is 12.2. The van der Waals surface area contributed by atoms with Crippen LogP contribution in [-0.4, -0.2) is 12.4 Å². The summed E-state index contributed by atoms with van der Waals surface area (Å²) in [6.07, 6.45) is 2.18. The number of carbonyl (C=O) groups is 1. The molecular formula is C14H14O2. The van der Waals surface area contributed by atoms with Gasteiger partial charge in [-0.2, -0.15) is 0 Å². The molecule has 1 unspecified atom stereocenters. The van der Waals surface area contributed by atoms with Crippen molar-refractivity contribution in [1.82, 2.24) is 0 Å². The minimum Gasteiger partial charge on any atom is -0.358 e. The maximum absolute atomic E-state index is 12.2. The standard InChI is InChI=1S/C14H14O2/c1-10-8-9-16-14(10)12-5-3-2-4-11(12)6-7-13(14)15/h2-5H,1,6-9H2. The third-order valence-corrected chi connectivity index (χ3v) is 3.63. The van der Waals surface area contributed by atoms with Crippen molar-refractivity contribution < 1.29 is 9.53 Å². The predicted octanol–water partition coefficient (Wildman–Crippen LogP) is 2.37. The largest absolute Gasteiger partial charge is 0.358 e. The molecule has 0 aromatic heterocycles. The van der Waals surface area contributed by atoms with E-state index in [0.717, 1.165) is 24.0 Å². The monoisotopic (exact) mass is 214 g/mol. The van der Waals surface area contributed by atoms with E-state index in [-0.39, 0.29) is 5.78 Å². The molecule has 1 atom stereocenters. The van der Waals surface area contributed by atoms with E-state index in [1.807, 2.05) is 18.2 Å². The van der Waals surface area contributed by atoms with E-state index in [0.29, 0.717) is 13.0 Å². The molecule has 1 aromatic rings. The Morgan fingerprint density at radius 2 is 2.00 bits per heavy atom. The van der Waals surface area contributed by atoms with Gasteiger partial charge in [0.15, 0.2) is 11.4 Å². The fourth-order valence-electron chi connectivity index (χ4n) is 2.81.